The van der Waals surface area contributed by atoms with Crippen LogP contribution < -0.4 is 5.43 Å². The number of carbonyl (C=O) groups excluding carboxylic acids is 1. The van der Waals surface area contributed by atoms with Gasteiger partial charge in [0.05, 0.1) is 24.1 Å². The summed E-state index contributed by atoms with van der Waals surface area (Å²) in [5.74, 6) is 0.00107. The predicted molar refractivity (Wildman–Crippen MR) is 110 cm³/mol. The first-order valence-electron chi connectivity index (χ1n) is 9.37. The van der Waals surface area contributed by atoms with E-state index in [1.165, 1.54) is 0 Å². The van der Waals surface area contributed by atoms with Crippen molar-refractivity contribution in [1.82, 2.24) is 24.3 Å². The number of aromatic nitrogens is 3. The van der Waals surface area contributed by atoms with Crippen LogP contribution in [0.1, 0.15) is 17.1 Å². The molecular formula is C21H27N5O2. The van der Waals surface area contributed by atoms with Gasteiger partial charge in [0.15, 0.2) is 5.43 Å². The summed E-state index contributed by atoms with van der Waals surface area (Å²) in [6, 6.07) is 9.01. The molecule has 1 N–H and O–H groups in total. The second-order valence-electron chi connectivity index (χ2n) is 7.35. The molecule has 0 radical (unpaired) electrons. The Bertz CT molecular complexity index is 1030. The minimum absolute atomic E-state index is 0.00107. The number of benzene rings is 1. The lowest BCUT2D eigenvalue weighted by atomic mass is 10.2. The summed E-state index contributed by atoms with van der Waals surface area (Å²) < 4.78 is 1.92. The molecule has 1 amide bonds. The van der Waals surface area contributed by atoms with Crippen molar-refractivity contribution in [3.63, 3.8) is 0 Å². The molecule has 0 bridgehead atoms. The molecule has 0 unspecified atom stereocenters. The van der Waals surface area contributed by atoms with Crippen LogP contribution in [-0.2, 0) is 17.9 Å². The van der Waals surface area contributed by atoms with E-state index in [4.69, 9.17) is 0 Å². The quantitative estimate of drug-likeness (QED) is 0.679. The largest absolute Gasteiger partial charge is 0.348 e. The maximum atomic E-state index is 13.2. The third-order valence-corrected chi connectivity index (χ3v) is 4.96. The highest BCUT2D eigenvalue weighted by molar-refractivity contribution is 5.82. The number of aromatic amines is 1. The van der Waals surface area contributed by atoms with Crippen molar-refractivity contribution in [3.05, 3.63) is 64.0 Å². The molecule has 0 aliphatic heterocycles. The summed E-state index contributed by atoms with van der Waals surface area (Å²) in [5.41, 5.74) is 3.37. The smallest absolute Gasteiger partial charge is 0.242 e. The average molecular weight is 381 g/mol. The van der Waals surface area contributed by atoms with Gasteiger partial charge in [-0.2, -0.15) is 0 Å². The zero-order chi connectivity index (χ0) is 20.3. The number of nitrogens with zero attached hydrogens (tertiary/aromatic N) is 4. The first-order valence-corrected chi connectivity index (χ1v) is 9.37. The van der Waals surface area contributed by atoms with Gasteiger partial charge >= 0.3 is 0 Å². The molecule has 0 aliphatic rings. The molecule has 2 aromatic heterocycles. The van der Waals surface area contributed by atoms with Gasteiger partial charge in [-0.05, 0) is 40.1 Å². The lowest BCUT2D eigenvalue weighted by molar-refractivity contribution is -0.132. The van der Waals surface area contributed by atoms with Gasteiger partial charge < -0.3 is 19.4 Å². The summed E-state index contributed by atoms with van der Waals surface area (Å²) in [6.45, 7) is 5.83. The number of H-pyrrole nitrogens is 1. The number of rotatable bonds is 7. The van der Waals surface area contributed by atoms with E-state index in [1.807, 2.05) is 55.6 Å². The second-order valence-corrected chi connectivity index (χ2v) is 7.35. The van der Waals surface area contributed by atoms with E-state index < -0.39 is 0 Å². The maximum absolute atomic E-state index is 13.2. The first kappa shape index (κ1) is 19.8. The fourth-order valence-corrected chi connectivity index (χ4v) is 3.24. The molecule has 1 aromatic carbocycles. The molecule has 148 valence electrons. The van der Waals surface area contributed by atoms with Gasteiger partial charge in [-0.3, -0.25) is 9.59 Å². The van der Waals surface area contributed by atoms with Crippen LogP contribution >= 0.6 is 0 Å². The van der Waals surface area contributed by atoms with E-state index in [0.29, 0.717) is 18.5 Å². The van der Waals surface area contributed by atoms with Gasteiger partial charge in [-0.1, -0.05) is 12.1 Å². The number of hydrogen-bond donors (Lipinski definition) is 1. The van der Waals surface area contributed by atoms with Gasteiger partial charge in [0.2, 0.25) is 5.91 Å². The van der Waals surface area contributed by atoms with Gasteiger partial charge in [0.1, 0.15) is 6.54 Å². The topological polar surface area (TPSA) is 74.2 Å². The van der Waals surface area contributed by atoms with Crippen LogP contribution in [0.2, 0.25) is 0 Å². The highest BCUT2D eigenvalue weighted by atomic mass is 16.2. The van der Waals surface area contributed by atoms with Crippen LogP contribution in [0.3, 0.4) is 0 Å². The van der Waals surface area contributed by atoms with Crippen molar-refractivity contribution in [2.75, 3.05) is 27.2 Å². The summed E-state index contributed by atoms with van der Waals surface area (Å²) >= 11 is 0. The van der Waals surface area contributed by atoms with Crippen LogP contribution in [0.15, 0.2) is 41.5 Å². The van der Waals surface area contributed by atoms with E-state index in [-0.39, 0.29) is 17.9 Å². The zero-order valence-electron chi connectivity index (χ0n) is 16.9. The second kappa shape index (κ2) is 8.39. The van der Waals surface area contributed by atoms with Crippen molar-refractivity contribution >= 4 is 16.8 Å². The molecule has 0 saturated carbocycles. The standard InChI is InChI=1S/C21H27N5O2/c1-15-11-20(27)17-7-5-6-8-19(17)26(15)13-21(28)25(10-9-24(3)4)12-18-16(2)22-14-23-18/h5-8,11,14H,9-10,12-13H2,1-4H3,(H,22,23). The number of aryl methyl sites for hydroxylation is 2. The molecule has 0 aliphatic carbocycles. The summed E-state index contributed by atoms with van der Waals surface area (Å²) in [6.07, 6.45) is 1.65. The Kier molecular flexibility index (Phi) is 5.94. The monoisotopic (exact) mass is 381 g/mol. The average Bonchev–Trinajstić information content (AvgIpc) is 3.06. The molecule has 28 heavy (non-hydrogen) atoms. The van der Waals surface area contributed by atoms with Gasteiger partial charge in [-0.25, -0.2) is 4.98 Å². The highest BCUT2D eigenvalue weighted by Crippen LogP contribution is 2.14. The fraction of sp³-hybridized carbons (Fsp3) is 0.381. The van der Waals surface area contributed by atoms with Crippen molar-refractivity contribution in [2.24, 2.45) is 0 Å². The lowest BCUT2D eigenvalue weighted by Gasteiger charge is -2.25. The molecule has 7 heteroatoms. The van der Waals surface area contributed by atoms with E-state index in [9.17, 15) is 9.59 Å². The van der Waals surface area contributed by atoms with Crippen molar-refractivity contribution in [2.45, 2.75) is 26.9 Å². The summed E-state index contributed by atoms with van der Waals surface area (Å²) in [5, 5.41) is 0.629. The number of carbonyl (C=O) groups is 1. The Morgan fingerprint density at radius 2 is 1.93 bits per heavy atom. The Balaban J connectivity index is 1.90. The minimum atomic E-state index is -0.0200. The van der Waals surface area contributed by atoms with Crippen molar-refractivity contribution in [3.8, 4) is 0 Å². The first-order chi connectivity index (χ1) is 13.4. The zero-order valence-corrected chi connectivity index (χ0v) is 16.9. The number of nitrogens with one attached hydrogen (secondary N) is 1. The normalized spacial score (nSPS) is 11.3. The van der Waals surface area contributed by atoms with E-state index in [2.05, 4.69) is 14.9 Å². The van der Waals surface area contributed by atoms with Gasteiger partial charge in [-0.15, -0.1) is 0 Å². The molecule has 2 heterocycles. The molecule has 0 spiro atoms. The van der Waals surface area contributed by atoms with Gasteiger partial charge in [0.25, 0.3) is 0 Å². The van der Waals surface area contributed by atoms with E-state index >= 15 is 0 Å². The Morgan fingerprint density at radius 1 is 1.18 bits per heavy atom. The van der Waals surface area contributed by atoms with Crippen LogP contribution in [0.5, 0.6) is 0 Å². The molecule has 0 fully saturated rings. The van der Waals surface area contributed by atoms with E-state index in [0.717, 1.165) is 29.1 Å². The van der Waals surface area contributed by atoms with Crippen LogP contribution in [0, 0.1) is 13.8 Å². The van der Waals surface area contributed by atoms with Crippen LogP contribution in [0.4, 0.5) is 0 Å². The number of imidazole rings is 1. The number of para-hydroxylation sites is 1. The highest BCUT2D eigenvalue weighted by Gasteiger charge is 2.18. The maximum Gasteiger partial charge on any atom is 0.242 e. The summed E-state index contributed by atoms with van der Waals surface area (Å²) in [7, 11) is 3.98. The molecule has 0 atom stereocenters. The van der Waals surface area contributed by atoms with Crippen LogP contribution in [0.25, 0.3) is 10.9 Å². The molecule has 0 saturated heterocycles. The minimum Gasteiger partial charge on any atom is -0.348 e. The Morgan fingerprint density at radius 3 is 2.61 bits per heavy atom. The third kappa shape index (κ3) is 4.31. The molecule has 3 rings (SSSR count). The number of hydrogen-bond acceptors (Lipinski definition) is 4. The number of amides is 1. The SMILES string of the molecule is Cc1[nH]cnc1CN(CCN(C)C)C(=O)Cn1c(C)cc(=O)c2ccccc21. The molecule has 3 aromatic rings. The van der Waals surface area contributed by atoms with E-state index in [1.54, 1.807) is 18.5 Å². The van der Waals surface area contributed by atoms with Crippen molar-refractivity contribution in [1.29, 1.82) is 0 Å². The number of likely N-dealkylation sites (N-methyl/N-ethyl adjacent to an activating group) is 1. The summed E-state index contributed by atoms with van der Waals surface area (Å²) in [4.78, 5) is 36.8. The van der Waals surface area contributed by atoms with Crippen LogP contribution in [-0.4, -0.2) is 57.4 Å². The van der Waals surface area contributed by atoms with Crippen molar-refractivity contribution < 1.29 is 4.79 Å². The Hall–Kier alpha value is -2.93. The Labute approximate surface area is 164 Å². The molecule has 7 nitrogen and oxygen atoms in total. The fourth-order valence-electron chi connectivity index (χ4n) is 3.24. The lowest BCUT2D eigenvalue weighted by Crippen LogP contribution is -2.38. The third-order valence-electron chi connectivity index (χ3n) is 4.96. The number of fused-ring (bicyclic) bond motifs is 1. The molecular weight excluding hydrogens is 354 g/mol. The predicted octanol–water partition coefficient (Wildman–Crippen LogP) is 1.93. The number of pyridine rings is 1. The van der Waals surface area contributed by atoms with Gasteiger partial charge in [0, 0.05) is 35.9 Å².